The van der Waals surface area contributed by atoms with Crippen LogP contribution in [0.25, 0.3) is 0 Å². The van der Waals surface area contributed by atoms with E-state index < -0.39 is 9.84 Å². The summed E-state index contributed by atoms with van der Waals surface area (Å²) in [6.45, 7) is -0.326. The molecule has 0 atom stereocenters. The average molecular weight is 187 g/mol. The van der Waals surface area contributed by atoms with Crippen molar-refractivity contribution in [1.29, 1.82) is 0 Å². The number of hydrogen-bond donors (Lipinski definition) is 1. The summed E-state index contributed by atoms with van der Waals surface area (Å²) in [5.74, 6) is -0.197. The molecule has 3 nitrogen and oxygen atoms in total. The summed E-state index contributed by atoms with van der Waals surface area (Å²) in [5.41, 5.74) is 0. The molecule has 1 radical (unpaired) electrons. The van der Waals surface area contributed by atoms with Gasteiger partial charge in [-0.05, 0) is 18.9 Å². The molecular formula is C8H11O3S. The zero-order chi connectivity index (χ0) is 9.03. The molecule has 1 aliphatic rings. The molecule has 0 aromatic carbocycles. The first-order chi connectivity index (χ1) is 5.67. The normalized spacial score (nSPS) is 17.6. The van der Waals surface area contributed by atoms with E-state index in [4.69, 9.17) is 5.11 Å². The van der Waals surface area contributed by atoms with E-state index in [9.17, 15) is 8.42 Å². The summed E-state index contributed by atoms with van der Waals surface area (Å²) in [6, 6.07) is 0. The molecule has 1 N–H and O–H groups in total. The maximum atomic E-state index is 11.3. The Kier molecular flexibility index (Phi) is 3.05. The molecule has 67 valence electrons. The second kappa shape index (κ2) is 3.87. The quantitative estimate of drug-likeness (QED) is 0.697. The Bertz CT molecular complexity index is 298. The monoisotopic (exact) mass is 187 g/mol. The van der Waals surface area contributed by atoms with E-state index in [0.29, 0.717) is 4.91 Å². The van der Waals surface area contributed by atoms with Crippen LogP contribution in [0.3, 0.4) is 0 Å². The van der Waals surface area contributed by atoms with Crippen molar-refractivity contribution < 1.29 is 13.5 Å². The maximum absolute atomic E-state index is 11.3. The fourth-order valence-corrected chi connectivity index (χ4v) is 2.03. The van der Waals surface area contributed by atoms with Crippen molar-refractivity contribution >= 4 is 9.84 Å². The van der Waals surface area contributed by atoms with E-state index in [-0.39, 0.29) is 12.4 Å². The number of aliphatic hydroxyl groups excluding tert-OH is 1. The molecular weight excluding hydrogens is 176 g/mol. The van der Waals surface area contributed by atoms with E-state index >= 15 is 0 Å². The Hall–Kier alpha value is -0.610. The highest BCUT2D eigenvalue weighted by Crippen LogP contribution is 2.15. The van der Waals surface area contributed by atoms with Gasteiger partial charge in [0.25, 0.3) is 0 Å². The average Bonchev–Trinajstić information content (AvgIpc) is 2.06. The highest BCUT2D eigenvalue weighted by Gasteiger charge is 2.15. The molecule has 0 bridgehead atoms. The van der Waals surface area contributed by atoms with Gasteiger partial charge in [-0.2, -0.15) is 0 Å². The standard InChI is InChI=1S/C8H11O3S/c9-6-7-12(10,11)8-4-2-1-3-5-8/h2-5,9H,1,6-7H2. The van der Waals surface area contributed by atoms with E-state index in [1.54, 1.807) is 24.6 Å². The number of allylic oxidation sites excluding steroid dienone is 3. The molecule has 0 saturated carbocycles. The van der Waals surface area contributed by atoms with Crippen molar-refractivity contribution in [2.45, 2.75) is 6.42 Å². The number of aliphatic hydroxyl groups is 1. The van der Waals surface area contributed by atoms with Crippen molar-refractivity contribution in [3.05, 3.63) is 29.6 Å². The minimum Gasteiger partial charge on any atom is -0.395 e. The summed E-state index contributed by atoms with van der Waals surface area (Å²) in [6.07, 6.45) is 7.49. The Balaban J connectivity index is 2.81. The number of rotatable bonds is 3. The van der Waals surface area contributed by atoms with Crippen LogP contribution in [0.15, 0.2) is 23.1 Å². The topological polar surface area (TPSA) is 54.4 Å². The lowest BCUT2D eigenvalue weighted by Crippen LogP contribution is -2.11. The molecule has 0 fully saturated rings. The summed E-state index contributed by atoms with van der Waals surface area (Å²) in [4.78, 5) is 0.294. The fourth-order valence-electron chi connectivity index (χ4n) is 0.948. The largest absolute Gasteiger partial charge is 0.395 e. The molecule has 0 saturated heterocycles. The molecule has 0 amide bonds. The molecule has 0 heterocycles. The van der Waals surface area contributed by atoms with Gasteiger partial charge in [-0.25, -0.2) is 8.42 Å². The molecule has 1 rings (SSSR count). The SMILES string of the molecule is O=S(=O)(CCO)C1=C[CH]CC=C1. The number of hydrogen-bond acceptors (Lipinski definition) is 3. The third kappa shape index (κ3) is 2.19. The molecule has 0 aromatic heterocycles. The molecule has 1 aliphatic carbocycles. The van der Waals surface area contributed by atoms with Gasteiger partial charge in [-0.15, -0.1) is 0 Å². The predicted octanol–water partition coefficient (Wildman–Crippen LogP) is 0.442. The van der Waals surface area contributed by atoms with Crippen molar-refractivity contribution in [3.63, 3.8) is 0 Å². The van der Waals surface area contributed by atoms with Crippen LogP contribution in [0, 0.1) is 6.42 Å². The van der Waals surface area contributed by atoms with Crippen molar-refractivity contribution in [2.24, 2.45) is 0 Å². The number of sulfone groups is 1. The van der Waals surface area contributed by atoms with E-state index in [1.165, 1.54) is 0 Å². The summed E-state index contributed by atoms with van der Waals surface area (Å²) >= 11 is 0. The van der Waals surface area contributed by atoms with E-state index in [0.717, 1.165) is 6.42 Å². The van der Waals surface area contributed by atoms with Crippen molar-refractivity contribution in [1.82, 2.24) is 0 Å². The van der Waals surface area contributed by atoms with Gasteiger partial charge in [0.05, 0.1) is 17.3 Å². The van der Waals surface area contributed by atoms with Crippen LogP contribution in [0.4, 0.5) is 0 Å². The maximum Gasteiger partial charge on any atom is 0.180 e. The van der Waals surface area contributed by atoms with Crippen molar-refractivity contribution in [3.8, 4) is 0 Å². The second-order valence-electron chi connectivity index (χ2n) is 2.49. The van der Waals surface area contributed by atoms with Gasteiger partial charge in [0.1, 0.15) is 0 Å². The van der Waals surface area contributed by atoms with Gasteiger partial charge in [-0.1, -0.05) is 12.2 Å². The molecule has 0 aliphatic heterocycles. The van der Waals surface area contributed by atoms with Crippen LogP contribution in [0.2, 0.25) is 0 Å². The summed E-state index contributed by atoms with van der Waals surface area (Å²) in [7, 11) is -3.24. The third-order valence-corrected chi connectivity index (χ3v) is 3.27. The lowest BCUT2D eigenvalue weighted by Gasteiger charge is -2.06. The Morgan fingerprint density at radius 2 is 2.25 bits per heavy atom. The highest BCUT2D eigenvalue weighted by molar-refractivity contribution is 7.95. The van der Waals surface area contributed by atoms with Gasteiger partial charge in [0.15, 0.2) is 9.84 Å². The van der Waals surface area contributed by atoms with Gasteiger partial charge < -0.3 is 5.11 Å². The smallest absolute Gasteiger partial charge is 0.180 e. The second-order valence-corrected chi connectivity index (χ2v) is 4.59. The lowest BCUT2D eigenvalue weighted by atomic mass is 10.2. The molecule has 0 unspecified atom stereocenters. The van der Waals surface area contributed by atoms with Gasteiger partial charge in [0, 0.05) is 0 Å². The van der Waals surface area contributed by atoms with Gasteiger partial charge in [0.2, 0.25) is 0 Å². The van der Waals surface area contributed by atoms with Gasteiger partial charge in [-0.3, -0.25) is 0 Å². The summed E-state index contributed by atoms with van der Waals surface area (Å²) in [5, 5.41) is 8.49. The van der Waals surface area contributed by atoms with E-state index in [2.05, 4.69) is 0 Å². The molecule has 0 spiro atoms. The Morgan fingerprint density at radius 3 is 2.75 bits per heavy atom. The van der Waals surface area contributed by atoms with E-state index in [1.807, 2.05) is 0 Å². The zero-order valence-corrected chi connectivity index (χ0v) is 7.42. The van der Waals surface area contributed by atoms with Crippen LogP contribution in [0.1, 0.15) is 6.42 Å². The van der Waals surface area contributed by atoms with Gasteiger partial charge >= 0.3 is 0 Å². The van der Waals surface area contributed by atoms with Crippen molar-refractivity contribution in [2.75, 3.05) is 12.4 Å². The highest BCUT2D eigenvalue weighted by atomic mass is 32.2. The zero-order valence-electron chi connectivity index (χ0n) is 6.60. The first-order valence-corrected chi connectivity index (χ1v) is 5.36. The fraction of sp³-hybridized carbons (Fsp3) is 0.375. The van der Waals surface area contributed by atoms with Crippen LogP contribution in [-0.2, 0) is 9.84 Å². The first kappa shape index (κ1) is 9.48. The van der Waals surface area contributed by atoms with Crippen LogP contribution >= 0.6 is 0 Å². The predicted molar refractivity (Wildman–Crippen MR) is 47.0 cm³/mol. The lowest BCUT2D eigenvalue weighted by molar-refractivity contribution is 0.320. The van der Waals surface area contributed by atoms with Crippen LogP contribution < -0.4 is 0 Å². The van der Waals surface area contributed by atoms with Crippen LogP contribution in [-0.4, -0.2) is 25.9 Å². The minimum atomic E-state index is -3.24. The van der Waals surface area contributed by atoms with Crippen LogP contribution in [0.5, 0.6) is 0 Å². The summed E-state index contributed by atoms with van der Waals surface area (Å²) < 4.78 is 22.6. The molecule has 4 heteroatoms. The first-order valence-electron chi connectivity index (χ1n) is 3.70. The minimum absolute atomic E-state index is 0.197. The Morgan fingerprint density at radius 1 is 1.50 bits per heavy atom. The Labute approximate surface area is 72.3 Å². The molecule has 0 aromatic rings. The molecule has 12 heavy (non-hydrogen) atoms. The third-order valence-electron chi connectivity index (χ3n) is 1.56.